The summed E-state index contributed by atoms with van der Waals surface area (Å²) in [5, 5.41) is 4.98. The quantitative estimate of drug-likeness (QED) is 0.514. The van der Waals surface area contributed by atoms with E-state index in [-0.39, 0.29) is 36.4 Å². The van der Waals surface area contributed by atoms with E-state index in [0.29, 0.717) is 28.1 Å². The number of nitrogens with one attached hydrogen (secondary N) is 1. The van der Waals surface area contributed by atoms with Crippen LogP contribution in [0.3, 0.4) is 0 Å². The van der Waals surface area contributed by atoms with Crippen molar-refractivity contribution in [1.29, 1.82) is 0 Å². The molecule has 3 heterocycles. The predicted octanol–water partition coefficient (Wildman–Crippen LogP) is 5.21. The molecule has 7 nitrogen and oxygen atoms in total. The van der Waals surface area contributed by atoms with E-state index in [0.717, 1.165) is 22.0 Å². The van der Waals surface area contributed by atoms with Crippen LogP contribution in [-0.4, -0.2) is 59.6 Å². The number of hydrogen-bond acceptors (Lipinski definition) is 6. The third-order valence-electron chi connectivity index (χ3n) is 7.16. The van der Waals surface area contributed by atoms with Gasteiger partial charge in [0.05, 0.1) is 25.2 Å². The lowest BCUT2D eigenvalue weighted by Gasteiger charge is -2.37. The number of hydrogen-bond donors (Lipinski definition) is 1. The van der Waals surface area contributed by atoms with Gasteiger partial charge in [-0.05, 0) is 60.0 Å². The molecule has 200 valence electrons. The first-order valence-electron chi connectivity index (χ1n) is 12.5. The summed E-state index contributed by atoms with van der Waals surface area (Å²) in [6.45, 7) is 7.04. The molecule has 1 fully saturated rings. The number of thioether (sulfide) groups is 1. The van der Waals surface area contributed by atoms with E-state index < -0.39 is 5.54 Å². The van der Waals surface area contributed by atoms with Crippen molar-refractivity contribution in [2.24, 2.45) is 10.9 Å². The highest BCUT2D eigenvalue weighted by Gasteiger charge is 2.53. The molecule has 2 amide bonds. The van der Waals surface area contributed by atoms with Gasteiger partial charge in [0.25, 0.3) is 5.91 Å². The number of fused-ring (bicyclic) bond motifs is 1. The summed E-state index contributed by atoms with van der Waals surface area (Å²) in [4.78, 5) is 36.0. The van der Waals surface area contributed by atoms with Crippen molar-refractivity contribution in [1.82, 2.24) is 15.1 Å². The number of aliphatic imine (C=N–C) groups is 1. The number of benzene rings is 2. The zero-order chi connectivity index (χ0) is 27.2. The minimum atomic E-state index is -0.635. The third-order valence-corrected chi connectivity index (χ3v) is 8.72. The van der Waals surface area contributed by atoms with Gasteiger partial charge in [0.15, 0.2) is 5.17 Å². The maximum atomic E-state index is 13.9. The fourth-order valence-electron chi connectivity index (χ4n) is 5.48. The number of piperazine rings is 1. The van der Waals surface area contributed by atoms with Crippen LogP contribution in [-0.2, 0) is 19.9 Å². The minimum Gasteiger partial charge on any atom is -0.382 e. The van der Waals surface area contributed by atoms with Crippen LogP contribution in [0.15, 0.2) is 64.1 Å². The first-order valence-corrected chi connectivity index (χ1v) is 14.1. The molecule has 3 atom stereocenters. The number of amides is 2. The average Bonchev–Trinajstić information content (AvgIpc) is 3.37. The Morgan fingerprint density at radius 3 is 2.39 bits per heavy atom. The van der Waals surface area contributed by atoms with E-state index in [4.69, 9.17) is 32.9 Å². The smallest absolute Gasteiger partial charge is 0.263 e. The molecule has 3 aliphatic heterocycles. The third kappa shape index (κ3) is 4.83. The van der Waals surface area contributed by atoms with E-state index in [1.54, 1.807) is 12.0 Å². The van der Waals surface area contributed by atoms with Gasteiger partial charge in [-0.3, -0.25) is 9.59 Å². The molecule has 38 heavy (non-hydrogen) atoms. The number of nitrogens with zero attached hydrogens (tertiary/aromatic N) is 3. The molecule has 1 N–H and O–H groups in total. The van der Waals surface area contributed by atoms with Gasteiger partial charge >= 0.3 is 0 Å². The van der Waals surface area contributed by atoms with Gasteiger partial charge < -0.3 is 19.9 Å². The van der Waals surface area contributed by atoms with Gasteiger partial charge in [-0.25, -0.2) is 4.99 Å². The summed E-state index contributed by atoms with van der Waals surface area (Å²) in [5.74, 6) is -0.312. The van der Waals surface area contributed by atoms with Crippen LogP contribution in [0.1, 0.15) is 37.9 Å². The standard InChI is InChI=1S/C28H30Cl2N4O3S/c1-16(2)23-24(26(36)33-13-21(15-37-4)31-22(35)14-33)38-27-32-28(3,18-7-11-20(30)12-8-18)25(34(23)27)17-5-9-19(29)10-6-17/h5-12,16,21,25H,13-15H2,1-4H3,(H,31,35)/t21-,25-,28+/m1/s1. The number of rotatable bonds is 6. The lowest BCUT2D eigenvalue weighted by atomic mass is 9.81. The Balaban J connectivity index is 1.58. The topological polar surface area (TPSA) is 74.2 Å². The molecule has 10 heteroatoms. The molecular formula is C28H30Cl2N4O3S. The monoisotopic (exact) mass is 572 g/mol. The van der Waals surface area contributed by atoms with Crippen LogP contribution < -0.4 is 5.32 Å². The number of carbonyl (C=O) groups excluding carboxylic acids is 2. The zero-order valence-corrected chi connectivity index (χ0v) is 24.0. The first kappa shape index (κ1) is 27.1. The molecule has 0 radical (unpaired) electrons. The maximum absolute atomic E-state index is 13.9. The summed E-state index contributed by atoms with van der Waals surface area (Å²) >= 11 is 13.8. The molecule has 0 spiro atoms. The highest BCUT2D eigenvalue weighted by molar-refractivity contribution is 8.18. The molecule has 5 rings (SSSR count). The molecular weight excluding hydrogens is 543 g/mol. The number of ether oxygens (including phenoxy) is 1. The molecule has 0 bridgehead atoms. The number of halogens is 2. The van der Waals surface area contributed by atoms with Crippen molar-refractivity contribution in [2.45, 2.75) is 38.4 Å². The average molecular weight is 574 g/mol. The molecule has 2 aromatic carbocycles. The zero-order valence-electron chi connectivity index (χ0n) is 21.7. The summed E-state index contributed by atoms with van der Waals surface area (Å²) in [6.07, 6.45) is 0. The van der Waals surface area contributed by atoms with Gasteiger partial charge in [-0.2, -0.15) is 0 Å². The van der Waals surface area contributed by atoms with E-state index in [9.17, 15) is 9.59 Å². The fraction of sp³-hybridized carbons (Fsp3) is 0.393. The van der Waals surface area contributed by atoms with Crippen LogP contribution in [0, 0.1) is 5.92 Å². The molecule has 2 aromatic rings. The minimum absolute atomic E-state index is 0.0179. The highest BCUT2D eigenvalue weighted by Crippen LogP contribution is 2.56. The lowest BCUT2D eigenvalue weighted by Crippen LogP contribution is -2.57. The van der Waals surface area contributed by atoms with Gasteiger partial charge in [0.2, 0.25) is 5.91 Å². The number of methoxy groups -OCH3 is 1. The van der Waals surface area contributed by atoms with E-state index in [2.05, 4.69) is 31.0 Å². The Morgan fingerprint density at radius 2 is 1.79 bits per heavy atom. The molecule has 3 aliphatic rings. The SMILES string of the molecule is COC[C@H]1CN(C(=O)C2=C(C(C)C)N3C(=N[C@@](C)(c4ccc(Cl)cc4)[C@H]3c3ccc(Cl)cc3)S2)CC(=O)N1. The second-order valence-electron chi connectivity index (χ2n) is 10.2. The van der Waals surface area contributed by atoms with E-state index in [1.165, 1.54) is 11.8 Å². The van der Waals surface area contributed by atoms with E-state index in [1.807, 2.05) is 48.5 Å². The molecule has 0 unspecified atom stereocenters. The molecule has 0 aromatic heterocycles. The Labute approximate surface area is 237 Å². The van der Waals surface area contributed by atoms with Crippen molar-refractivity contribution in [3.05, 3.63) is 80.3 Å². The molecule has 1 saturated heterocycles. The van der Waals surface area contributed by atoms with Crippen LogP contribution >= 0.6 is 35.0 Å². The van der Waals surface area contributed by atoms with Gasteiger partial charge in [0.1, 0.15) is 10.4 Å². The Bertz CT molecular complexity index is 1310. The van der Waals surface area contributed by atoms with Crippen LogP contribution in [0.4, 0.5) is 0 Å². The van der Waals surface area contributed by atoms with Crippen molar-refractivity contribution >= 4 is 51.9 Å². The Hall–Kier alpha value is -2.52. The Kier molecular flexibility index (Phi) is 7.52. The Morgan fingerprint density at radius 1 is 1.16 bits per heavy atom. The lowest BCUT2D eigenvalue weighted by molar-refractivity contribution is -0.137. The van der Waals surface area contributed by atoms with Gasteiger partial charge in [-0.15, -0.1) is 0 Å². The van der Waals surface area contributed by atoms with Crippen LogP contribution in [0.5, 0.6) is 0 Å². The van der Waals surface area contributed by atoms with Crippen molar-refractivity contribution in [3.63, 3.8) is 0 Å². The number of allylic oxidation sites excluding steroid dienone is 1. The van der Waals surface area contributed by atoms with Gasteiger partial charge in [0, 0.05) is 29.4 Å². The molecule has 0 saturated carbocycles. The summed E-state index contributed by atoms with van der Waals surface area (Å²) in [7, 11) is 1.58. The van der Waals surface area contributed by atoms with Crippen LogP contribution in [0.25, 0.3) is 0 Å². The first-order chi connectivity index (χ1) is 18.1. The fourth-order valence-corrected chi connectivity index (χ4v) is 7.11. The summed E-state index contributed by atoms with van der Waals surface area (Å²) in [5.41, 5.74) is 2.33. The molecule has 0 aliphatic carbocycles. The van der Waals surface area contributed by atoms with E-state index >= 15 is 0 Å². The number of amidine groups is 1. The highest BCUT2D eigenvalue weighted by atomic mass is 35.5. The summed E-state index contributed by atoms with van der Waals surface area (Å²) in [6, 6.07) is 15.1. The van der Waals surface area contributed by atoms with Crippen molar-refractivity contribution in [3.8, 4) is 0 Å². The number of carbonyl (C=O) groups is 2. The second-order valence-corrected chi connectivity index (χ2v) is 12.1. The largest absolute Gasteiger partial charge is 0.382 e. The van der Waals surface area contributed by atoms with Crippen LogP contribution in [0.2, 0.25) is 10.0 Å². The maximum Gasteiger partial charge on any atom is 0.263 e. The predicted molar refractivity (Wildman–Crippen MR) is 152 cm³/mol. The van der Waals surface area contributed by atoms with Crippen molar-refractivity contribution in [2.75, 3.05) is 26.8 Å². The second kappa shape index (κ2) is 10.6. The van der Waals surface area contributed by atoms with Gasteiger partial charge in [-0.1, -0.05) is 61.3 Å². The summed E-state index contributed by atoms with van der Waals surface area (Å²) < 4.78 is 5.23. The normalized spacial score (nSPS) is 25.1. The van der Waals surface area contributed by atoms with Crippen molar-refractivity contribution < 1.29 is 14.3 Å².